The second-order valence-corrected chi connectivity index (χ2v) is 14.3. The fourth-order valence-electron chi connectivity index (χ4n) is 8.17. The average molecular weight is 727 g/mol. The molecule has 0 aliphatic heterocycles. The van der Waals surface area contributed by atoms with Gasteiger partial charge in [-0.1, -0.05) is 140 Å². The van der Waals surface area contributed by atoms with Crippen LogP contribution in [0.5, 0.6) is 0 Å². The highest BCUT2D eigenvalue weighted by atomic mass is 16.3. The molecule has 11 aromatic rings. The van der Waals surface area contributed by atoms with E-state index in [0.717, 1.165) is 76.9 Å². The highest BCUT2D eigenvalue weighted by Gasteiger charge is 2.19. The highest BCUT2D eigenvalue weighted by Crippen LogP contribution is 2.42. The molecule has 9 aromatic carbocycles. The second kappa shape index (κ2) is 13.1. The number of aromatic nitrogens is 3. The molecule has 0 amide bonds. The molecular formula is C52H30N4O. The van der Waals surface area contributed by atoms with Crippen molar-refractivity contribution in [2.75, 3.05) is 0 Å². The van der Waals surface area contributed by atoms with E-state index in [1.54, 1.807) is 6.07 Å². The zero-order chi connectivity index (χ0) is 37.9. The van der Waals surface area contributed by atoms with E-state index in [0.29, 0.717) is 23.0 Å². The topological polar surface area (TPSA) is 75.6 Å². The predicted octanol–water partition coefficient (Wildman–Crippen LogP) is 13.4. The summed E-state index contributed by atoms with van der Waals surface area (Å²) in [6, 6.07) is 64.9. The van der Waals surface area contributed by atoms with Crippen LogP contribution in [-0.2, 0) is 0 Å². The molecule has 2 heterocycles. The Labute approximate surface area is 327 Å². The third kappa shape index (κ3) is 5.51. The number of hydrogen-bond donors (Lipinski definition) is 0. The lowest BCUT2D eigenvalue weighted by atomic mass is 9.88. The van der Waals surface area contributed by atoms with Crippen molar-refractivity contribution in [3.05, 3.63) is 188 Å². The summed E-state index contributed by atoms with van der Waals surface area (Å²) in [4.78, 5) is 15.2. The van der Waals surface area contributed by atoms with Gasteiger partial charge < -0.3 is 4.42 Å². The van der Waals surface area contributed by atoms with E-state index in [9.17, 15) is 5.26 Å². The van der Waals surface area contributed by atoms with Gasteiger partial charge in [0.2, 0.25) is 0 Å². The molecule has 5 heteroatoms. The van der Waals surface area contributed by atoms with E-state index in [1.165, 1.54) is 16.3 Å². The summed E-state index contributed by atoms with van der Waals surface area (Å²) in [6.07, 6.45) is 0. The molecular weight excluding hydrogens is 697 g/mol. The SMILES string of the molecule is N#Cc1ccc2oc3ccc(-c4ccc(-c5cc6c7ccccc7c(-c7nc(-c8ccccc8)nc(-c8ccccc8)n7)cc6c6ccccc56)cc4)cc3c2c1. The molecule has 0 spiro atoms. The van der Waals surface area contributed by atoms with Gasteiger partial charge in [-0.05, 0) is 97.0 Å². The van der Waals surface area contributed by atoms with Gasteiger partial charge in [0.05, 0.1) is 11.6 Å². The molecule has 0 radical (unpaired) electrons. The minimum absolute atomic E-state index is 0.617. The molecule has 0 saturated heterocycles. The summed E-state index contributed by atoms with van der Waals surface area (Å²) in [5.41, 5.74) is 9.54. The van der Waals surface area contributed by atoms with E-state index < -0.39 is 0 Å². The number of benzene rings is 9. The van der Waals surface area contributed by atoms with Gasteiger partial charge in [0, 0.05) is 27.5 Å². The van der Waals surface area contributed by atoms with Crippen molar-refractivity contribution in [3.63, 3.8) is 0 Å². The first kappa shape index (κ1) is 32.5. The van der Waals surface area contributed by atoms with Crippen LogP contribution in [0.1, 0.15) is 5.56 Å². The van der Waals surface area contributed by atoms with Gasteiger partial charge in [-0.3, -0.25) is 0 Å². The van der Waals surface area contributed by atoms with Crippen LogP contribution >= 0.6 is 0 Å². The maximum atomic E-state index is 9.50. The fraction of sp³-hybridized carbons (Fsp3) is 0. The molecule has 2 aromatic heterocycles. The lowest BCUT2D eigenvalue weighted by Gasteiger charge is -2.16. The van der Waals surface area contributed by atoms with Crippen LogP contribution in [0.15, 0.2) is 186 Å². The number of nitriles is 1. The Hall–Kier alpha value is -7.94. The van der Waals surface area contributed by atoms with Crippen LogP contribution in [0.4, 0.5) is 0 Å². The highest BCUT2D eigenvalue weighted by molar-refractivity contribution is 6.23. The molecule has 264 valence electrons. The van der Waals surface area contributed by atoms with Gasteiger partial charge in [-0.2, -0.15) is 5.26 Å². The van der Waals surface area contributed by atoms with Gasteiger partial charge >= 0.3 is 0 Å². The van der Waals surface area contributed by atoms with Crippen LogP contribution in [0.25, 0.3) is 111 Å². The third-order valence-electron chi connectivity index (χ3n) is 11.0. The quantitative estimate of drug-likeness (QED) is 0.165. The first-order valence-corrected chi connectivity index (χ1v) is 18.9. The monoisotopic (exact) mass is 726 g/mol. The van der Waals surface area contributed by atoms with Crippen molar-refractivity contribution in [2.45, 2.75) is 0 Å². The van der Waals surface area contributed by atoms with E-state index in [2.05, 4.69) is 103 Å². The Bertz CT molecular complexity index is 3340. The molecule has 57 heavy (non-hydrogen) atoms. The summed E-state index contributed by atoms with van der Waals surface area (Å²) >= 11 is 0. The average Bonchev–Trinajstić information content (AvgIpc) is 3.66. The molecule has 0 N–H and O–H groups in total. The van der Waals surface area contributed by atoms with Gasteiger partial charge in [0.25, 0.3) is 0 Å². The zero-order valence-corrected chi connectivity index (χ0v) is 30.5. The van der Waals surface area contributed by atoms with E-state index in [4.69, 9.17) is 19.4 Å². The van der Waals surface area contributed by atoms with E-state index in [-0.39, 0.29) is 0 Å². The maximum absolute atomic E-state index is 9.50. The summed E-state index contributed by atoms with van der Waals surface area (Å²) in [5.74, 6) is 1.91. The Morgan fingerprint density at radius 1 is 0.333 bits per heavy atom. The minimum Gasteiger partial charge on any atom is -0.456 e. The zero-order valence-electron chi connectivity index (χ0n) is 30.5. The first-order valence-electron chi connectivity index (χ1n) is 18.9. The molecule has 0 aliphatic carbocycles. The smallest absolute Gasteiger partial charge is 0.164 e. The van der Waals surface area contributed by atoms with Crippen LogP contribution in [0.2, 0.25) is 0 Å². The molecule has 11 rings (SSSR count). The van der Waals surface area contributed by atoms with Crippen molar-refractivity contribution in [1.82, 2.24) is 15.0 Å². The first-order chi connectivity index (χ1) is 28.2. The number of nitrogens with zero attached hydrogens (tertiary/aromatic N) is 4. The van der Waals surface area contributed by atoms with Gasteiger partial charge in [-0.25, -0.2) is 15.0 Å². The molecule has 0 saturated carbocycles. The van der Waals surface area contributed by atoms with Crippen molar-refractivity contribution in [3.8, 4) is 62.5 Å². The van der Waals surface area contributed by atoms with Gasteiger partial charge in [0.1, 0.15) is 11.2 Å². The lowest BCUT2D eigenvalue weighted by molar-refractivity contribution is 0.669. The van der Waals surface area contributed by atoms with Crippen molar-refractivity contribution in [2.24, 2.45) is 0 Å². The molecule has 0 atom stereocenters. The third-order valence-corrected chi connectivity index (χ3v) is 11.0. The Balaban J connectivity index is 1.07. The van der Waals surface area contributed by atoms with Gasteiger partial charge in [-0.15, -0.1) is 0 Å². The van der Waals surface area contributed by atoms with Crippen LogP contribution in [0.3, 0.4) is 0 Å². The molecule has 0 bridgehead atoms. The minimum atomic E-state index is 0.617. The molecule has 5 nitrogen and oxygen atoms in total. The number of rotatable bonds is 5. The van der Waals surface area contributed by atoms with Crippen molar-refractivity contribution >= 4 is 54.3 Å². The van der Waals surface area contributed by atoms with E-state index >= 15 is 0 Å². The number of fused-ring (bicyclic) bond motifs is 8. The van der Waals surface area contributed by atoms with Crippen LogP contribution < -0.4 is 0 Å². The standard InChI is InChI=1S/C52H30N4O/c53-31-32-19-25-48-45(27-32)46-28-37(24-26-49(46)57-48)33-20-22-34(23-21-33)42-29-43-40-17-9-10-18-41(40)47(30-44(43)39-16-8-7-15-38(39)42)52-55-50(35-11-3-1-4-12-35)54-51(56-52)36-13-5-2-6-14-36/h1-30H. The summed E-state index contributed by atoms with van der Waals surface area (Å²) in [5, 5.41) is 18.3. The number of hydrogen-bond acceptors (Lipinski definition) is 5. The molecule has 0 aliphatic rings. The summed E-state index contributed by atoms with van der Waals surface area (Å²) in [7, 11) is 0. The van der Waals surface area contributed by atoms with Crippen molar-refractivity contribution in [1.29, 1.82) is 5.26 Å². The summed E-state index contributed by atoms with van der Waals surface area (Å²) < 4.78 is 6.09. The Kier molecular flexibility index (Phi) is 7.48. The van der Waals surface area contributed by atoms with Crippen LogP contribution in [-0.4, -0.2) is 15.0 Å². The molecule has 0 fully saturated rings. The number of furan rings is 1. The maximum Gasteiger partial charge on any atom is 0.164 e. The fourth-order valence-corrected chi connectivity index (χ4v) is 8.17. The summed E-state index contributed by atoms with van der Waals surface area (Å²) in [6.45, 7) is 0. The molecule has 0 unspecified atom stereocenters. The largest absolute Gasteiger partial charge is 0.456 e. The van der Waals surface area contributed by atoms with E-state index in [1.807, 2.05) is 78.9 Å². The second-order valence-electron chi connectivity index (χ2n) is 14.3. The lowest BCUT2D eigenvalue weighted by Crippen LogP contribution is -2.00. The normalized spacial score (nSPS) is 11.5. The van der Waals surface area contributed by atoms with Crippen LogP contribution in [0, 0.1) is 11.3 Å². The predicted molar refractivity (Wildman–Crippen MR) is 232 cm³/mol. The van der Waals surface area contributed by atoms with Gasteiger partial charge in [0.15, 0.2) is 17.5 Å². The Morgan fingerprint density at radius 2 is 0.807 bits per heavy atom. The Morgan fingerprint density at radius 3 is 1.42 bits per heavy atom. The van der Waals surface area contributed by atoms with Crippen molar-refractivity contribution < 1.29 is 4.42 Å².